The molecule has 1 atom stereocenters. The lowest BCUT2D eigenvalue weighted by Crippen LogP contribution is -2.43. The monoisotopic (exact) mass is 319 g/mol. The average Bonchev–Trinajstić information content (AvgIpc) is 2.83. The minimum absolute atomic E-state index is 0.0144. The van der Waals surface area contributed by atoms with Gasteiger partial charge in [-0.05, 0) is 38.0 Å². The van der Waals surface area contributed by atoms with E-state index in [9.17, 15) is 8.42 Å². The molecular weight excluding hydrogens is 298 g/mol. The Balaban J connectivity index is 2.30. The van der Waals surface area contributed by atoms with E-state index in [0.29, 0.717) is 12.4 Å². The largest absolute Gasteiger partial charge is 0.480 e. The van der Waals surface area contributed by atoms with Gasteiger partial charge < -0.3 is 9.64 Å². The summed E-state index contributed by atoms with van der Waals surface area (Å²) in [6, 6.07) is 1.52. The fourth-order valence-electron chi connectivity index (χ4n) is 2.45. The number of sulfonamides is 1. The Labute approximate surface area is 124 Å². The number of hydrogen-bond donors (Lipinski definition) is 0. The van der Waals surface area contributed by atoms with Gasteiger partial charge >= 0.3 is 0 Å². The van der Waals surface area contributed by atoms with Gasteiger partial charge in [0.25, 0.3) is 10.0 Å². The highest BCUT2D eigenvalue weighted by atomic mass is 32.2. The molecule has 20 heavy (non-hydrogen) atoms. The Bertz CT molecular complexity index is 544. The van der Waals surface area contributed by atoms with E-state index in [2.05, 4.69) is 9.27 Å². The molecule has 0 N–H and O–H groups in total. The van der Waals surface area contributed by atoms with Crippen LogP contribution in [-0.4, -0.2) is 61.8 Å². The molecule has 1 aromatic rings. The molecule has 0 amide bonds. The van der Waals surface area contributed by atoms with Crippen molar-refractivity contribution in [3.05, 3.63) is 6.07 Å². The van der Waals surface area contributed by atoms with E-state index in [-0.39, 0.29) is 10.3 Å². The van der Waals surface area contributed by atoms with E-state index in [4.69, 9.17) is 4.74 Å². The molecule has 2 heterocycles. The number of ether oxygens (including phenoxy) is 1. The van der Waals surface area contributed by atoms with Crippen LogP contribution in [0.2, 0.25) is 0 Å². The summed E-state index contributed by atoms with van der Waals surface area (Å²) < 4.78 is 36.4. The zero-order valence-corrected chi connectivity index (χ0v) is 13.7. The van der Waals surface area contributed by atoms with E-state index < -0.39 is 10.0 Å². The molecule has 1 aromatic heterocycles. The third-order valence-corrected chi connectivity index (χ3v) is 6.71. The summed E-state index contributed by atoms with van der Waals surface area (Å²) in [5, 5.41) is 0. The highest BCUT2D eigenvalue weighted by Gasteiger charge is 2.34. The lowest BCUT2D eigenvalue weighted by atomic mass is 10.2. The second-order valence-corrected chi connectivity index (χ2v) is 7.90. The minimum Gasteiger partial charge on any atom is -0.480 e. The van der Waals surface area contributed by atoms with Crippen LogP contribution < -0.4 is 4.74 Å². The fraction of sp³-hybridized carbons (Fsp3) is 0.750. The summed E-state index contributed by atoms with van der Waals surface area (Å²) >= 11 is 0.977. The van der Waals surface area contributed by atoms with Crippen molar-refractivity contribution in [1.29, 1.82) is 0 Å². The highest BCUT2D eigenvalue weighted by molar-refractivity contribution is 7.91. The molecule has 0 aliphatic carbocycles. The van der Waals surface area contributed by atoms with Crippen molar-refractivity contribution < 1.29 is 13.2 Å². The summed E-state index contributed by atoms with van der Waals surface area (Å²) in [6.45, 7) is 4.28. The van der Waals surface area contributed by atoms with E-state index >= 15 is 0 Å². The zero-order chi connectivity index (χ0) is 14.8. The molecule has 1 saturated heterocycles. The first-order valence-corrected chi connectivity index (χ1v) is 8.91. The van der Waals surface area contributed by atoms with Crippen LogP contribution in [0, 0.1) is 0 Å². The second kappa shape index (κ2) is 6.38. The van der Waals surface area contributed by atoms with Gasteiger partial charge in [0.05, 0.1) is 7.11 Å². The summed E-state index contributed by atoms with van der Waals surface area (Å²) in [7, 11) is 0.0469. The van der Waals surface area contributed by atoms with Gasteiger partial charge in [0.2, 0.25) is 5.88 Å². The molecule has 1 aliphatic heterocycles. The highest BCUT2D eigenvalue weighted by Crippen LogP contribution is 2.28. The Morgan fingerprint density at radius 2 is 2.25 bits per heavy atom. The number of nitrogens with zero attached hydrogens (tertiary/aromatic N) is 3. The Hall–Kier alpha value is -0.700. The molecule has 6 nitrogen and oxygen atoms in total. The third-order valence-electron chi connectivity index (χ3n) is 3.56. The summed E-state index contributed by atoms with van der Waals surface area (Å²) in [5.74, 6) is 0.355. The SMILES string of the molecule is CC[C@H]1CN(C)CCCN1S(=O)(=O)c1cc(OC)ns1. The van der Waals surface area contributed by atoms with Gasteiger partial charge in [-0.15, -0.1) is 0 Å². The van der Waals surface area contributed by atoms with Crippen molar-refractivity contribution >= 4 is 21.6 Å². The third kappa shape index (κ3) is 3.13. The second-order valence-electron chi connectivity index (χ2n) is 4.98. The molecule has 0 bridgehead atoms. The van der Waals surface area contributed by atoms with Crippen molar-refractivity contribution in [3.63, 3.8) is 0 Å². The van der Waals surface area contributed by atoms with Crippen molar-refractivity contribution in [2.45, 2.75) is 30.0 Å². The molecule has 0 saturated carbocycles. The van der Waals surface area contributed by atoms with Crippen LogP contribution in [0.4, 0.5) is 0 Å². The first kappa shape index (κ1) is 15.7. The van der Waals surface area contributed by atoms with Gasteiger partial charge in [-0.1, -0.05) is 6.92 Å². The van der Waals surface area contributed by atoms with E-state index in [1.807, 2.05) is 14.0 Å². The quantitative estimate of drug-likeness (QED) is 0.836. The molecule has 1 fully saturated rings. The van der Waals surface area contributed by atoms with Crippen LogP contribution in [0.15, 0.2) is 10.3 Å². The minimum atomic E-state index is -3.48. The summed E-state index contributed by atoms with van der Waals surface area (Å²) in [5.41, 5.74) is 0. The number of likely N-dealkylation sites (N-methyl/N-ethyl adjacent to an activating group) is 1. The van der Waals surface area contributed by atoms with Crippen molar-refractivity contribution in [2.75, 3.05) is 33.8 Å². The smallest absolute Gasteiger partial charge is 0.254 e. The average molecular weight is 319 g/mol. The fourth-order valence-corrected chi connectivity index (χ4v) is 5.14. The molecule has 0 radical (unpaired) electrons. The topological polar surface area (TPSA) is 62.7 Å². The zero-order valence-electron chi connectivity index (χ0n) is 12.1. The Kier molecular flexibility index (Phi) is 5.00. The van der Waals surface area contributed by atoms with Crippen LogP contribution in [0.25, 0.3) is 0 Å². The van der Waals surface area contributed by atoms with Crippen molar-refractivity contribution in [3.8, 4) is 5.88 Å². The predicted octanol–water partition coefficient (Wildman–Crippen LogP) is 1.26. The first-order valence-electron chi connectivity index (χ1n) is 6.70. The lowest BCUT2D eigenvalue weighted by molar-refractivity contribution is 0.270. The molecule has 0 aromatic carbocycles. The molecule has 8 heteroatoms. The number of aromatic nitrogens is 1. The lowest BCUT2D eigenvalue weighted by Gasteiger charge is -2.28. The molecule has 2 rings (SSSR count). The predicted molar refractivity (Wildman–Crippen MR) is 78.8 cm³/mol. The summed E-state index contributed by atoms with van der Waals surface area (Å²) in [4.78, 5) is 2.19. The number of methoxy groups -OCH3 is 1. The Morgan fingerprint density at radius 1 is 1.50 bits per heavy atom. The van der Waals surface area contributed by atoms with Crippen molar-refractivity contribution in [1.82, 2.24) is 13.6 Å². The van der Waals surface area contributed by atoms with Crippen LogP contribution in [0.1, 0.15) is 19.8 Å². The summed E-state index contributed by atoms with van der Waals surface area (Å²) in [6.07, 6.45) is 1.65. The van der Waals surface area contributed by atoms with E-state index in [1.165, 1.54) is 13.2 Å². The standard InChI is InChI=1S/C12H21N3O3S2/c1-4-10-9-14(2)6-5-7-15(10)20(16,17)12-8-11(18-3)13-19-12/h8,10H,4-7,9H2,1-3H3/t10-/m0/s1. The van der Waals surface area contributed by atoms with E-state index in [0.717, 1.165) is 37.5 Å². The Morgan fingerprint density at radius 3 is 2.85 bits per heavy atom. The normalized spacial score (nSPS) is 22.6. The van der Waals surface area contributed by atoms with Crippen LogP contribution in [0.5, 0.6) is 5.88 Å². The number of rotatable bonds is 4. The molecule has 1 aliphatic rings. The maximum absolute atomic E-state index is 12.8. The molecule has 114 valence electrons. The molecule has 0 spiro atoms. The van der Waals surface area contributed by atoms with Crippen LogP contribution in [0.3, 0.4) is 0 Å². The van der Waals surface area contributed by atoms with Gasteiger partial charge in [-0.3, -0.25) is 0 Å². The molecule has 0 unspecified atom stereocenters. The van der Waals surface area contributed by atoms with Crippen molar-refractivity contribution in [2.24, 2.45) is 0 Å². The van der Waals surface area contributed by atoms with Gasteiger partial charge in [-0.2, -0.15) is 8.68 Å². The van der Waals surface area contributed by atoms with Gasteiger partial charge in [0.1, 0.15) is 0 Å². The van der Waals surface area contributed by atoms with Gasteiger partial charge in [-0.25, -0.2) is 8.42 Å². The van der Waals surface area contributed by atoms with Gasteiger partial charge in [0.15, 0.2) is 4.21 Å². The maximum Gasteiger partial charge on any atom is 0.254 e. The maximum atomic E-state index is 12.8. The number of hydrogen-bond acceptors (Lipinski definition) is 6. The van der Waals surface area contributed by atoms with Crippen LogP contribution >= 0.6 is 11.5 Å². The van der Waals surface area contributed by atoms with E-state index in [1.54, 1.807) is 4.31 Å². The first-order chi connectivity index (χ1) is 9.48. The van der Waals surface area contributed by atoms with Gasteiger partial charge in [0, 0.05) is 25.2 Å². The van der Waals surface area contributed by atoms with Crippen LogP contribution in [-0.2, 0) is 10.0 Å². The molecular formula is C12H21N3O3S2.